The SMILES string of the molecule is COc1ccc(NC(=O)C2(/C(N)=N/O)CCC2)cc1C. The summed E-state index contributed by atoms with van der Waals surface area (Å²) in [6.45, 7) is 1.90. The molecule has 6 nitrogen and oxygen atoms in total. The third-order valence-corrected chi connectivity index (χ3v) is 3.89. The highest BCUT2D eigenvalue weighted by molar-refractivity contribution is 6.12. The van der Waals surface area contributed by atoms with Crippen LogP contribution in [0, 0.1) is 12.3 Å². The van der Waals surface area contributed by atoms with Crippen LogP contribution in [0.4, 0.5) is 5.69 Å². The molecular formula is C14H19N3O3. The standard InChI is InChI=1S/C14H19N3O3/c1-9-8-10(4-5-11(9)20-2)16-13(18)14(6-3-7-14)12(15)17-19/h4-5,8,19H,3,6-7H2,1-2H3,(H2,15,17)(H,16,18). The van der Waals surface area contributed by atoms with Gasteiger partial charge in [0, 0.05) is 5.69 Å². The number of hydrogen-bond acceptors (Lipinski definition) is 4. The number of carbonyl (C=O) groups is 1. The largest absolute Gasteiger partial charge is 0.496 e. The average molecular weight is 277 g/mol. The first kappa shape index (κ1) is 14.2. The van der Waals surface area contributed by atoms with E-state index in [4.69, 9.17) is 15.7 Å². The van der Waals surface area contributed by atoms with E-state index in [9.17, 15) is 4.79 Å². The van der Waals surface area contributed by atoms with Crippen molar-refractivity contribution in [3.8, 4) is 5.75 Å². The van der Waals surface area contributed by atoms with E-state index in [0.29, 0.717) is 18.5 Å². The Bertz CT molecular complexity index is 551. The number of rotatable bonds is 4. The van der Waals surface area contributed by atoms with Crippen molar-refractivity contribution in [1.82, 2.24) is 0 Å². The van der Waals surface area contributed by atoms with Crippen LogP contribution in [-0.4, -0.2) is 24.1 Å². The van der Waals surface area contributed by atoms with E-state index >= 15 is 0 Å². The minimum Gasteiger partial charge on any atom is -0.496 e. The van der Waals surface area contributed by atoms with Crippen LogP contribution in [-0.2, 0) is 4.79 Å². The quantitative estimate of drug-likeness (QED) is 0.338. The fourth-order valence-electron chi connectivity index (χ4n) is 2.43. The first-order valence-electron chi connectivity index (χ1n) is 6.47. The van der Waals surface area contributed by atoms with Crippen LogP contribution in [0.2, 0.25) is 0 Å². The molecule has 1 fully saturated rings. The van der Waals surface area contributed by atoms with Gasteiger partial charge >= 0.3 is 0 Å². The zero-order valence-corrected chi connectivity index (χ0v) is 11.6. The van der Waals surface area contributed by atoms with E-state index in [1.807, 2.05) is 13.0 Å². The maximum Gasteiger partial charge on any atom is 0.238 e. The first-order valence-corrected chi connectivity index (χ1v) is 6.47. The molecule has 1 saturated carbocycles. The summed E-state index contributed by atoms with van der Waals surface area (Å²) >= 11 is 0. The number of amidine groups is 1. The van der Waals surface area contributed by atoms with Gasteiger partial charge in [-0.05, 0) is 43.5 Å². The fourth-order valence-corrected chi connectivity index (χ4v) is 2.43. The molecule has 1 aromatic rings. The average Bonchev–Trinajstić information content (AvgIpc) is 2.37. The van der Waals surface area contributed by atoms with E-state index in [0.717, 1.165) is 17.7 Å². The molecule has 6 heteroatoms. The Labute approximate surface area is 117 Å². The molecule has 1 aliphatic rings. The van der Waals surface area contributed by atoms with Gasteiger partial charge in [-0.3, -0.25) is 4.79 Å². The molecule has 0 aliphatic heterocycles. The summed E-state index contributed by atoms with van der Waals surface area (Å²) in [6, 6.07) is 5.39. The number of methoxy groups -OCH3 is 1. The van der Waals surface area contributed by atoms with E-state index in [1.165, 1.54) is 0 Å². The number of anilines is 1. The molecule has 0 spiro atoms. The lowest BCUT2D eigenvalue weighted by molar-refractivity contribution is -0.125. The highest BCUT2D eigenvalue weighted by atomic mass is 16.5. The van der Waals surface area contributed by atoms with Gasteiger partial charge in [0.2, 0.25) is 5.91 Å². The maximum absolute atomic E-state index is 12.4. The van der Waals surface area contributed by atoms with Crippen LogP contribution in [0.15, 0.2) is 23.4 Å². The lowest BCUT2D eigenvalue weighted by Gasteiger charge is -2.38. The molecule has 4 N–H and O–H groups in total. The number of nitrogens with zero attached hydrogens (tertiary/aromatic N) is 1. The van der Waals surface area contributed by atoms with Gasteiger partial charge in [0.15, 0.2) is 5.84 Å². The van der Waals surface area contributed by atoms with Crippen LogP contribution >= 0.6 is 0 Å². The van der Waals surface area contributed by atoms with E-state index in [-0.39, 0.29) is 11.7 Å². The Kier molecular flexibility index (Phi) is 3.83. The summed E-state index contributed by atoms with van der Waals surface area (Å²) in [5, 5.41) is 14.7. The number of nitrogens with one attached hydrogen (secondary N) is 1. The minimum absolute atomic E-state index is 0.0218. The second-order valence-corrected chi connectivity index (χ2v) is 5.06. The van der Waals surface area contributed by atoms with Gasteiger partial charge < -0.3 is 21.0 Å². The van der Waals surface area contributed by atoms with Crippen molar-refractivity contribution in [2.75, 3.05) is 12.4 Å². The minimum atomic E-state index is -0.872. The first-order chi connectivity index (χ1) is 9.53. The highest BCUT2D eigenvalue weighted by Crippen LogP contribution is 2.42. The molecule has 2 rings (SSSR count). The topological polar surface area (TPSA) is 96.9 Å². The summed E-state index contributed by atoms with van der Waals surface area (Å²) in [7, 11) is 1.60. The van der Waals surface area contributed by atoms with Crippen molar-refractivity contribution in [2.45, 2.75) is 26.2 Å². The van der Waals surface area contributed by atoms with Gasteiger partial charge in [0.1, 0.15) is 11.2 Å². The highest BCUT2D eigenvalue weighted by Gasteiger charge is 2.48. The predicted molar refractivity (Wildman–Crippen MR) is 76.1 cm³/mol. The maximum atomic E-state index is 12.4. The van der Waals surface area contributed by atoms with Crippen LogP contribution in [0.1, 0.15) is 24.8 Å². The van der Waals surface area contributed by atoms with Gasteiger partial charge in [0.05, 0.1) is 7.11 Å². The Hall–Kier alpha value is -2.24. The Morgan fingerprint density at radius 3 is 2.65 bits per heavy atom. The molecule has 0 bridgehead atoms. The molecule has 108 valence electrons. The number of ether oxygens (including phenoxy) is 1. The molecule has 1 aliphatic carbocycles. The molecule has 0 radical (unpaired) electrons. The summed E-state index contributed by atoms with van der Waals surface area (Å²) in [5.41, 5.74) is 6.39. The van der Waals surface area contributed by atoms with Gasteiger partial charge in [0.25, 0.3) is 0 Å². The van der Waals surface area contributed by atoms with Crippen molar-refractivity contribution in [2.24, 2.45) is 16.3 Å². The van der Waals surface area contributed by atoms with E-state index in [2.05, 4.69) is 10.5 Å². The van der Waals surface area contributed by atoms with Gasteiger partial charge in [-0.25, -0.2) is 0 Å². The molecule has 1 amide bonds. The molecule has 0 unspecified atom stereocenters. The fraction of sp³-hybridized carbons (Fsp3) is 0.429. The molecule has 0 heterocycles. The summed E-state index contributed by atoms with van der Waals surface area (Å²) in [6.07, 6.45) is 2.10. The number of oxime groups is 1. The third kappa shape index (κ3) is 2.29. The Morgan fingerprint density at radius 2 is 2.20 bits per heavy atom. The lowest BCUT2D eigenvalue weighted by Crippen LogP contribution is -2.51. The van der Waals surface area contributed by atoms with Crippen LogP contribution in [0.5, 0.6) is 5.75 Å². The van der Waals surface area contributed by atoms with Crippen molar-refractivity contribution in [1.29, 1.82) is 0 Å². The second kappa shape index (κ2) is 5.40. The second-order valence-electron chi connectivity index (χ2n) is 5.06. The van der Waals surface area contributed by atoms with Crippen molar-refractivity contribution in [3.05, 3.63) is 23.8 Å². The Morgan fingerprint density at radius 1 is 1.50 bits per heavy atom. The zero-order valence-electron chi connectivity index (χ0n) is 11.6. The number of aryl methyl sites for hydroxylation is 1. The number of carbonyl (C=O) groups excluding carboxylic acids is 1. The van der Waals surface area contributed by atoms with Crippen molar-refractivity contribution in [3.63, 3.8) is 0 Å². The van der Waals surface area contributed by atoms with E-state index in [1.54, 1.807) is 19.2 Å². The number of nitrogens with two attached hydrogens (primary N) is 1. The van der Waals surface area contributed by atoms with Crippen LogP contribution < -0.4 is 15.8 Å². The zero-order chi connectivity index (χ0) is 14.8. The monoisotopic (exact) mass is 277 g/mol. The van der Waals surface area contributed by atoms with Crippen LogP contribution in [0.25, 0.3) is 0 Å². The number of benzene rings is 1. The Balaban J connectivity index is 2.17. The molecule has 0 aromatic heterocycles. The van der Waals surface area contributed by atoms with Crippen molar-refractivity contribution < 1.29 is 14.7 Å². The summed E-state index contributed by atoms with van der Waals surface area (Å²) in [5.74, 6) is 0.507. The number of amides is 1. The molecule has 0 saturated heterocycles. The molecule has 20 heavy (non-hydrogen) atoms. The van der Waals surface area contributed by atoms with E-state index < -0.39 is 5.41 Å². The van der Waals surface area contributed by atoms with Crippen LogP contribution in [0.3, 0.4) is 0 Å². The third-order valence-electron chi connectivity index (χ3n) is 3.89. The smallest absolute Gasteiger partial charge is 0.238 e. The number of hydrogen-bond donors (Lipinski definition) is 3. The summed E-state index contributed by atoms with van der Waals surface area (Å²) in [4.78, 5) is 12.4. The normalized spacial score (nSPS) is 17.2. The lowest BCUT2D eigenvalue weighted by atomic mass is 9.67. The molecule has 0 atom stereocenters. The predicted octanol–water partition coefficient (Wildman–Crippen LogP) is 1.86. The van der Waals surface area contributed by atoms with Gasteiger partial charge in [-0.2, -0.15) is 0 Å². The molecule has 1 aromatic carbocycles. The molecular weight excluding hydrogens is 258 g/mol. The van der Waals surface area contributed by atoms with Gasteiger partial charge in [-0.15, -0.1) is 0 Å². The summed E-state index contributed by atoms with van der Waals surface area (Å²) < 4.78 is 5.18. The van der Waals surface area contributed by atoms with Gasteiger partial charge in [-0.1, -0.05) is 11.6 Å². The van der Waals surface area contributed by atoms with Crippen molar-refractivity contribution >= 4 is 17.4 Å².